The van der Waals surface area contributed by atoms with Gasteiger partial charge in [-0.3, -0.25) is 9.59 Å². The first-order valence-electron chi connectivity index (χ1n) is 13.9. The fraction of sp³-hybridized carbons (Fsp3) is 0.929. The van der Waals surface area contributed by atoms with E-state index in [-0.39, 0.29) is 17.9 Å². The maximum absolute atomic E-state index is 12.0. The summed E-state index contributed by atoms with van der Waals surface area (Å²) < 4.78 is 10.7. The fourth-order valence-electron chi connectivity index (χ4n) is 3.88. The van der Waals surface area contributed by atoms with E-state index in [0.717, 1.165) is 38.5 Å². The zero-order chi connectivity index (χ0) is 23.7. The minimum absolute atomic E-state index is 0.0180. The largest absolute Gasteiger partial charge is 0.466 e. The Balaban J connectivity index is 3.35. The second-order valence-electron chi connectivity index (χ2n) is 9.48. The third kappa shape index (κ3) is 22.1. The molecule has 4 nitrogen and oxygen atoms in total. The zero-order valence-corrected chi connectivity index (χ0v) is 21.8. The Hall–Kier alpha value is -1.06. The van der Waals surface area contributed by atoms with E-state index in [2.05, 4.69) is 13.8 Å². The lowest BCUT2D eigenvalue weighted by Gasteiger charge is -2.11. The zero-order valence-electron chi connectivity index (χ0n) is 21.8. The Morgan fingerprint density at radius 2 is 1.00 bits per heavy atom. The van der Waals surface area contributed by atoms with Crippen LogP contribution in [0.4, 0.5) is 0 Å². The van der Waals surface area contributed by atoms with Crippen molar-refractivity contribution in [3.05, 3.63) is 0 Å². The van der Waals surface area contributed by atoms with Gasteiger partial charge in [-0.25, -0.2) is 0 Å². The van der Waals surface area contributed by atoms with E-state index in [1.807, 2.05) is 6.92 Å². The topological polar surface area (TPSA) is 52.6 Å². The number of rotatable bonds is 24. The van der Waals surface area contributed by atoms with Gasteiger partial charge in [-0.2, -0.15) is 0 Å². The molecule has 0 aromatic heterocycles. The predicted octanol–water partition coefficient (Wildman–Crippen LogP) is 8.55. The third-order valence-electron chi connectivity index (χ3n) is 6.17. The Morgan fingerprint density at radius 1 is 0.562 bits per heavy atom. The maximum Gasteiger partial charge on any atom is 0.308 e. The first-order chi connectivity index (χ1) is 15.6. The van der Waals surface area contributed by atoms with Crippen LogP contribution in [-0.2, 0) is 19.1 Å². The molecule has 190 valence electrons. The second-order valence-corrected chi connectivity index (χ2v) is 9.48. The van der Waals surface area contributed by atoms with Gasteiger partial charge in [0, 0.05) is 6.42 Å². The smallest absolute Gasteiger partial charge is 0.308 e. The molecule has 0 bridgehead atoms. The van der Waals surface area contributed by atoms with Crippen LogP contribution in [0.15, 0.2) is 0 Å². The number of unbranched alkanes of at least 4 members (excludes halogenated alkanes) is 15. The molecule has 4 heteroatoms. The molecule has 0 aromatic rings. The number of esters is 2. The highest BCUT2D eigenvalue weighted by molar-refractivity contribution is 5.71. The van der Waals surface area contributed by atoms with Gasteiger partial charge in [0.05, 0.1) is 19.1 Å². The van der Waals surface area contributed by atoms with E-state index >= 15 is 0 Å². The Bertz CT molecular complexity index is 422. The van der Waals surface area contributed by atoms with Crippen molar-refractivity contribution in [1.82, 2.24) is 0 Å². The molecule has 1 atom stereocenters. The molecule has 0 N–H and O–H groups in total. The SMILES string of the molecule is CCCCCCCOC(=O)CCCCCCCCCCC(C)C(=O)OCCCCCCC. The summed E-state index contributed by atoms with van der Waals surface area (Å²) in [5.74, 6) is -0.0121. The summed E-state index contributed by atoms with van der Waals surface area (Å²) in [6, 6.07) is 0. The van der Waals surface area contributed by atoms with Gasteiger partial charge in [-0.15, -0.1) is 0 Å². The van der Waals surface area contributed by atoms with E-state index in [0.29, 0.717) is 19.6 Å². The molecule has 0 fully saturated rings. The van der Waals surface area contributed by atoms with Crippen molar-refractivity contribution < 1.29 is 19.1 Å². The molecule has 0 radical (unpaired) electrons. The van der Waals surface area contributed by atoms with Crippen molar-refractivity contribution in [2.75, 3.05) is 13.2 Å². The quantitative estimate of drug-likeness (QED) is 0.108. The minimum Gasteiger partial charge on any atom is -0.466 e. The van der Waals surface area contributed by atoms with Crippen LogP contribution in [0.25, 0.3) is 0 Å². The van der Waals surface area contributed by atoms with Crippen molar-refractivity contribution in [1.29, 1.82) is 0 Å². The number of hydrogen-bond donors (Lipinski definition) is 0. The molecule has 0 spiro atoms. The van der Waals surface area contributed by atoms with Gasteiger partial charge in [0.1, 0.15) is 0 Å². The predicted molar refractivity (Wildman–Crippen MR) is 135 cm³/mol. The monoisotopic (exact) mass is 454 g/mol. The lowest BCUT2D eigenvalue weighted by Crippen LogP contribution is -2.15. The Morgan fingerprint density at radius 3 is 1.56 bits per heavy atom. The summed E-state index contributed by atoms with van der Waals surface area (Å²) in [6.07, 6.45) is 22.7. The molecule has 32 heavy (non-hydrogen) atoms. The second kappa shape index (κ2) is 24.6. The van der Waals surface area contributed by atoms with Crippen LogP contribution in [0, 0.1) is 5.92 Å². The number of carbonyl (C=O) groups excluding carboxylic acids is 2. The average Bonchev–Trinajstić information content (AvgIpc) is 2.79. The Labute approximate surface area is 199 Å². The average molecular weight is 455 g/mol. The molecule has 1 unspecified atom stereocenters. The van der Waals surface area contributed by atoms with Gasteiger partial charge in [-0.05, 0) is 25.7 Å². The lowest BCUT2D eigenvalue weighted by molar-refractivity contribution is -0.148. The van der Waals surface area contributed by atoms with Crippen molar-refractivity contribution in [3.8, 4) is 0 Å². The molecule has 0 aliphatic rings. The number of hydrogen-bond acceptors (Lipinski definition) is 4. The van der Waals surface area contributed by atoms with Crippen LogP contribution in [0.5, 0.6) is 0 Å². The molecule has 0 saturated heterocycles. The van der Waals surface area contributed by atoms with Gasteiger partial charge >= 0.3 is 11.9 Å². The molecular formula is C28H54O4. The van der Waals surface area contributed by atoms with Crippen molar-refractivity contribution in [2.45, 2.75) is 149 Å². The van der Waals surface area contributed by atoms with E-state index < -0.39 is 0 Å². The van der Waals surface area contributed by atoms with E-state index in [9.17, 15) is 9.59 Å². The van der Waals surface area contributed by atoms with E-state index in [1.165, 1.54) is 83.5 Å². The van der Waals surface area contributed by atoms with Gasteiger partial charge < -0.3 is 9.47 Å². The third-order valence-corrected chi connectivity index (χ3v) is 6.17. The van der Waals surface area contributed by atoms with Crippen LogP contribution < -0.4 is 0 Å². The molecule has 0 aliphatic heterocycles. The highest BCUT2D eigenvalue weighted by Crippen LogP contribution is 2.15. The van der Waals surface area contributed by atoms with Crippen molar-refractivity contribution in [3.63, 3.8) is 0 Å². The molecule has 0 rings (SSSR count). The molecule has 0 saturated carbocycles. The van der Waals surface area contributed by atoms with Gasteiger partial charge in [0.25, 0.3) is 0 Å². The normalized spacial score (nSPS) is 12.0. The van der Waals surface area contributed by atoms with Crippen molar-refractivity contribution in [2.24, 2.45) is 5.92 Å². The van der Waals surface area contributed by atoms with Crippen molar-refractivity contribution >= 4 is 11.9 Å². The summed E-state index contributed by atoms with van der Waals surface area (Å²) in [6.45, 7) is 7.59. The van der Waals surface area contributed by atoms with Gasteiger partial charge in [-0.1, -0.05) is 117 Å². The van der Waals surface area contributed by atoms with Crippen LogP contribution in [-0.4, -0.2) is 25.2 Å². The van der Waals surface area contributed by atoms with Crippen LogP contribution >= 0.6 is 0 Å². The molecular weight excluding hydrogens is 400 g/mol. The lowest BCUT2D eigenvalue weighted by atomic mass is 10.0. The van der Waals surface area contributed by atoms with Gasteiger partial charge in [0.2, 0.25) is 0 Å². The first-order valence-corrected chi connectivity index (χ1v) is 13.9. The summed E-state index contributed by atoms with van der Waals surface area (Å²) in [4.78, 5) is 23.7. The fourth-order valence-corrected chi connectivity index (χ4v) is 3.88. The van der Waals surface area contributed by atoms with Crippen LogP contribution in [0.1, 0.15) is 149 Å². The number of carbonyl (C=O) groups is 2. The van der Waals surface area contributed by atoms with E-state index in [1.54, 1.807) is 0 Å². The van der Waals surface area contributed by atoms with Gasteiger partial charge in [0.15, 0.2) is 0 Å². The molecule has 0 aliphatic carbocycles. The summed E-state index contributed by atoms with van der Waals surface area (Å²) >= 11 is 0. The van der Waals surface area contributed by atoms with Crippen LogP contribution in [0.3, 0.4) is 0 Å². The highest BCUT2D eigenvalue weighted by atomic mass is 16.5. The standard InChI is InChI=1S/C28H54O4/c1-4-6-8-16-20-24-31-27(29)23-19-15-13-11-10-12-14-18-22-26(3)28(30)32-25-21-17-9-7-5-2/h26H,4-25H2,1-3H3. The Kier molecular flexibility index (Phi) is 23.8. The summed E-state index contributed by atoms with van der Waals surface area (Å²) in [5, 5.41) is 0. The summed E-state index contributed by atoms with van der Waals surface area (Å²) in [7, 11) is 0. The molecule has 0 heterocycles. The molecule has 0 amide bonds. The minimum atomic E-state index is -0.0235. The van der Waals surface area contributed by atoms with Crippen LogP contribution in [0.2, 0.25) is 0 Å². The maximum atomic E-state index is 12.0. The molecule has 0 aromatic carbocycles. The number of ether oxygens (including phenoxy) is 2. The summed E-state index contributed by atoms with van der Waals surface area (Å²) in [5.41, 5.74) is 0. The highest BCUT2D eigenvalue weighted by Gasteiger charge is 2.13. The van der Waals surface area contributed by atoms with E-state index in [4.69, 9.17) is 9.47 Å². The first kappa shape index (κ1) is 30.9.